The van der Waals surface area contributed by atoms with Crippen LogP contribution in [0.2, 0.25) is 5.02 Å². The van der Waals surface area contributed by atoms with Crippen LogP contribution in [0.3, 0.4) is 0 Å². The third-order valence-corrected chi connectivity index (χ3v) is 5.27. The van der Waals surface area contributed by atoms with Crippen LogP contribution in [0.4, 0.5) is 4.79 Å². The van der Waals surface area contributed by atoms with Crippen LogP contribution >= 0.6 is 11.6 Å². The number of carbonyl (C=O) groups excluding carboxylic acids is 2. The Morgan fingerprint density at radius 1 is 1.08 bits per heavy atom. The fraction of sp³-hybridized carbons (Fsp3) is 0.500. The van der Waals surface area contributed by atoms with E-state index in [2.05, 4.69) is 10.6 Å². The van der Waals surface area contributed by atoms with Crippen LogP contribution in [-0.4, -0.2) is 18.1 Å². The van der Waals surface area contributed by atoms with Crippen molar-refractivity contribution in [2.45, 2.75) is 64.0 Å². The molecule has 3 rings (SSSR count). The van der Waals surface area contributed by atoms with Gasteiger partial charge in [0.15, 0.2) is 0 Å². The van der Waals surface area contributed by atoms with E-state index in [1.807, 2.05) is 12.1 Å². The molecule has 1 aliphatic carbocycles. The first-order chi connectivity index (χ1) is 12.5. The normalized spacial score (nSPS) is 22.1. The van der Waals surface area contributed by atoms with Gasteiger partial charge in [-0.05, 0) is 50.3 Å². The fourth-order valence-corrected chi connectivity index (χ4v) is 3.75. The first-order valence-corrected chi connectivity index (χ1v) is 9.67. The molecule has 2 aliphatic rings. The van der Waals surface area contributed by atoms with Gasteiger partial charge in [0, 0.05) is 10.7 Å². The third-order valence-electron chi connectivity index (χ3n) is 5.02. The summed E-state index contributed by atoms with van der Waals surface area (Å²) in [6, 6.07) is 6.26. The minimum atomic E-state index is -0.540. The Hall–Kier alpha value is -2.01. The van der Waals surface area contributed by atoms with Crippen molar-refractivity contribution in [2.75, 3.05) is 0 Å². The molecule has 1 heterocycles. The van der Waals surface area contributed by atoms with Gasteiger partial charge in [-0.2, -0.15) is 0 Å². The average molecular weight is 377 g/mol. The second-order valence-electron chi connectivity index (χ2n) is 6.99. The first kappa shape index (κ1) is 18.8. The summed E-state index contributed by atoms with van der Waals surface area (Å²) in [6.45, 7) is 1.73. The number of halogens is 1. The SMILES string of the molecule is CC1=C(C(=O)OC2CCCCCCC2)C(c2ccc(Cl)cc2)NC(=O)N1. The van der Waals surface area contributed by atoms with Gasteiger partial charge in [-0.3, -0.25) is 0 Å². The monoisotopic (exact) mass is 376 g/mol. The highest BCUT2D eigenvalue weighted by Crippen LogP contribution is 2.30. The molecule has 1 unspecified atom stereocenters. The largest absolute Gasteiger partial charge is 0.459 e. The van der Waals surface area contributed by atoms with Gasteiger partial charge in [-0.25, -0.2) is 9.59 Å². The van der Waals surface area contributed by atoms with Gasteiger partial charge in [0.2, 0.25) is 0 Å². The summed E-state index contributed by atoms with van der Waals surface area (Å²) in [6.07, 6.45) is 7.59. The summed E-state index contributed by atoms with van der Waals surface area (Å²) in [7, 11) is 0. The number of urea groups is 1. The van der Waals surface area contributed by atoms with E-state index in [4.69, 9.17) is 16.3 Å². The van der Waals surface area contributed by atoms with E-state index in [0.29, 0.717) is 16.3 Å². The molecule has 0 bridgehead atoms. The maximum atomic E-state index is 12.9. The van der Waals surface area contributed by atoms with Crippen LogP contribution in [0.25, 0.3) is 0 Å². The number of allylic oxidation sites excluding steroid dienone is 1. The molecule has 1 aromatic rings. The highest BCUT2D eigenvalue weighted by atomic mass is 35.5. The Morgan fingerprint density at radius 3 is 2.35 bits per heavy atom. The molecule has 1 atom stereocenters. The topological polar surface area (TPSA) is 67.4 Å². The Kier molecular flexibility index (Phi) is 6.20. The molecule has 0 aromatic heterocycles. The fourth-order valence-electron chi connectivity index (χ4n) is 3.62. The number of hydrogen-bond acceptors (Lipinski definition) is 3. The molecule has 6 heteroatoms. The third kappa shape index (κ3) is 4.58. The van der Waals surface area contributed by atoms with Crippen LogP contribution in [0.1, 0.15) is 63.5 Å². The second-order valence-corrected chi connectivity index (χ2v) is 7.43. The van der Waals surface area contributed by atoms with E-state index in [0.717, 1.165) is 31.2 Å². The average Bonchev–Trinajstić information content (AvgIpc) is 2.57. The summed E-state index contributed by atoms with van der Waals surface area (Å²) < 4.78 is 5.83. The zero-order valence-electron chi connectivity index (χ0n) is 15.0. The highest BCUT2D eigenvalue weighted by Gasteiger charge is 2.33. The number of amides is 2. The van der Waals surface area contributed by atoms with Gasteiger partial charge in [-0.1, -0.05) is 43.0 Å². The summed E-state index contributed by atoms with van der Waals surface area (Å²) in [5, 5.41) is 6.11. The number of rotatable bonds is 3. The zero-order valence-corrected chi connectivity index (χ0v) is 15.8. The summed E-state index contributed by atoms with van der Waals surface area (Å²) >= 11 is 5.96. The van der Waals surface area contributed by atoms with Gasteiger partial charge in [0.25, 0.3) is 0 Å². The molecule has 0 spiro atoms. The number of nitrogens with one attached hydrogen (secondary N) is 2. The molecular weight excluding hydrogens is 352 g/mol. The Bertz CT molecular complexity index is 692. The Balaban J connectivity index is 1.81. The predicted octanol–water partition coefficient (Wildman–Crippen LogP) is 4.62. The van der Waals surface area contributed by atoms with Gasteiger partial charge < -0.3 is 15.4 Å². The minimum absolute atomic E-state index is 0.0494. The van der Waals surface area contributed by atoms with Crippen LogP contribution in [0, 0.1) is 0 Å². The smallest absolute Gasteiger partial charge is 0.338 e. The second kappa shape index (κ2) is 8.58. The standard InChI is InChI=1S/C20H25ClN2O3/c1-13-17(19(24)26-16-7-5-3-2-4-6-8-16)18(23-20(25)22-13)14-9-11-15(21)12-10-14/h9-12,16,18H,2-8H2,1H3,(H2,22,23,25). The van der Waals surface area contributed by atoms with Crippen LogP contribution in [-0.2, 0) is 9.53 Å². The number of hydrogen-bond donors (Lipinski definition) is 2. The molecule has 140 valence electrons. The van der Waals surface area contributed by atoms with Gasteiger partial charge in [0.05, 0.1) is 11.6 Å². The van der Waals surface area contributed by atoms with E-state index in [1.54, 1.807) is 19.1 Å². The van der Waals surface area contributed by atoms with Crippen molar-refractivity contribution >= 4 is 23.6 Å². The van der Waals surface area contributed by atoms with E-state index in [1.165, 1.54) is 19.3 Å². The summed E-state index contributed by atoms with van der Waals surface area (Å²) in [5.41, 5.74) is 1.78. The number of carbonyl (C=O) groups is 2. The van der Waals surface area contributed by atoms with Crippen molar-refractivity contribution in [1.29, 1.82) is 0 Å². The van der Waals surface area contributed by atoms with Gasteiger partial charge >= 0.3 is 12.0 Å². The van der Waals surface area contributed by atoms with Crippen molar-refractivity contribution in [1.82, 2.24) is 10.6 Å². The van der Waals surface area contributed by atoms with Gasteiger partial charge in [-0.15, -0.1) is 0 Å². The number of ether oxygens (including phenoxy) is 1. The van der Waals surface area contributed by atoms with Crippen molar-refractivity contribution in [3.8, 4) is 0 Å². The van der Waals surface area contributed by atoms with Crippen molar-refractivity contribution in [2.24, 2.45) is 0 Å². The van der Waals surface area contributed by atoms with E-state index >= 15 is 0 Å². The molecule has 2 N–H and O–H groups in total. The molecule has 26 heavy (non-hydrogen) atoms. The van der Waals surface area contributed by atoms with Crippen LogP contribution in [0.15, 0.2) is 35.5 Å². The lowest BCUT2D eigenvalue weighted by Gasteiger charge is -2.29. The van der Waals surface area contributed by atoms with Crippen LogP contribution < -0.4 is 10.6 Å². The molecule has 1 aromatic carbocycles. The molecule has 5 nitrogen and oxygen atoms in total. The van der Waals surface area contributed by atoms with Gasteiger partial charge in [0.1, 0.15) is 6.10 Å². The summed E-state index contributed by atoms with van der Waals surface area (Å²) in [5.74, 6) is -0.361. The lowest BCUT2D eigenvalue weighted by Crippen LogP contribution is -2.45. The summed E-state index contributed by atoms with van der Waals surface area (Å²) in [4.78, 5) is 24.9. The Labute approximate surface area is 159 Å². The Morgan fingerprint density at radius 2 is 1.69 bits per heavy atom. The molecule has 2 amide bonds. The maximum Gasteiger partial charge on any atom is 0.338 e. The predicted molar refractivity (Wildman–Crippen MR) is 101 cm³/mol. The maximum absolute atomic E-state index is 12.9. The number of esters is 1. The van der Waals surface area contributed by atoms with Crippen molar-refractivity contribution in [3.05, 3.63) is 46.1 Å². The molecular formula is C20H25ClN2O3. The lowest BCUT2D eigenvalue weighted by molar-refractivity contribution is -0.145. The van der Waals surface area contributed by atoms with Crippen molar-refractivity contribution in [3.63, 3.8) is 0 Å². The molecule has 0 saturated heterocycles. The van der Waals surface area contributed by atoms with Crippen LogP contribution in [0.5, 0.6) is 0 Å². The number of benzene rings is 1. The minimum Gasteiger partial charge on any atom is -0.459 e. The zero-order chi connectivity index (χ0) is 18.5. The molecule has 1 aliphatic heterocycles. The van der Waals surface area contributed by atoms with Crippen molar-refractivity contribution < 1.29 is 14.3 Å². The highest BCUT2D eigenvalue weighted by molar-refractivity contribution is 6.30. The lowest BCUT2D eigenvalue weighted by atomic mass is 9.95. The molecule has 1 fully saturated rings. The molecule has 1 saturated carbocycles. The van der Waals surface area contributed by atoms with E-state index in [-0.39, 0.29) is 18.1 Å². The van der Waals surface area contributed by atoms with E-state index in [9.17, 15) is 9.59 Å². The first-order valence-electron chi connectivity index (χ1n) is 9.29. The van der Waals surface area contributed by atoms with E-state index < -0.39 is 6.04 Å². The molecule has 0 radical (unpaired) electrons. The quantitative estimate of drug-likeness (QED) is 0.756.